The lowest BCUT2D eigenvalue weighted by Crippen LogP contribution is -2.43. The molecule has 0 unspecified atom stereocenters. The zero-order chi connectivity index (χ0) is 20.3. The Balaban J connectivity index is 3.25. The highest BCUT2D eigenvalue weighted by atomic mass is 35.5. The molecule has 0 spiro atoms. The zero-order valence-electron chi connectivity index (χ0n) is 15.8. The van der Waals surface area contributed by atoms with Crippen molar-refractivity contribution in [3.63, 3.8) is 0 Å². The van der Waals surface area contributed by atoms with Crippen LogP contribution in [0, 0.1) is 11.3 Å². The van der Waals surface area contributed by atoms with Crippen LogP contribution in [0.25, 0.3) is 0 Å². The van der Waals surface area contributed by atoms with Gasteiger partial charge in [-0.2, -0.15) is 5.26 Å². The number of imide groups is 1. The summed E-state index contributed by atoms with van der Waals surface area (Å²) in [6, 6.07) is 4.80. The van der Waals surface area contributed by atoms with Gasteiger partial charge in [0.15, 0.2) is 0 Å². The molecule has 0 saturated carbocycles. The Bertz CT molecular complexity index is 715. The molecule has 26 heavy (non-hydrogen) atoms. The van der Waals surface area contributed by atoms with E-state index in [0.29, 0.717) is 5.56 Å². The standard InChI is InChI=1S/C18H24ClN3O4/c1-17(2,3)25-15(23)22(16(24)26-18(4,5)6)10-12-8-14(21)13(19)7-11(12)9-20/h7-8H,10,21H2,1-6H3. The molecule has 0 atom stereocenters. The molecule has 0 heterocycles. The van der Waals surface area contributed by atoms with Gasteiger partial charge in [0, 0.05) is 0 Å². The predicted molar refractivity (Wildman–Crippen MR) is 98.6 cm³/mol. The molecule has 1 aromatic rings. The number of hydrogen-bond donors (Lipinski definition) is 1. The number of halogens is 1. The number of anilines is 1. The second-order valence-electron chi connectivity index (χ2n) is 7.69. The van der Waals surface area contributed by atoms with Crippen molar-refractivity contribution >= 4 is 29.5 Å². The summed E-state index contributed by atoms with van der Waals surface area (Å²) in [5, 5.41) is 9.51. The highest BCUT2D eigenvalue weighted by Crippen LogP contribution is 2.25. The van der Waals surface area contributed by atoms with Crippen LogP contribution in [0.15, 0.2) is 12.1 Å². The second-order valence-corrected chi connectivity index (χ2v) is 8.10. The first-order valence-electron chi connectivity index (χ1n) is 7.95. The summed E-state index contributed by atoms with van der Waals surface area (Å²) in [6.45, 7) is 9.84. The minimum Gasteiger partial charge on any atom is -0.443 e. The maximum Gasteiger partial charge on any atom is 0.420 e. The van der Waals surface area contributed by atoms with Crippen molar-refractivity contribution in [2.24, 2.45) is 0 Å². The minimum absolute atomic E-state index is 0.196. The monoisotopic (exact) mass is 381 g/mol. The number of nitriles is 1. The number of hydrogen-bond acceptors (Lipinski definition) is 6. The van der Waals surface area contributed by atoms with Crippen LogP contribution < -0.4 is 5.73 Å². The lowest BCUT2D eigenvalue weighted by atomic mass is 10.1. The van der Waals surface area contributed by atoms with Crippen LogP contribution >= 0.6 is 11.6 Å². The first kappa shape index (κ1) is 21.6. The Morgan fingerprint density at radius 1 is 1.12 bits per heavy atom. The maximum absolute atomic E-state index is 12.5. The first-order chi connectivity index (χ1) is 11.7. The fourth-order valence-corrected chi connectivity index (χ4v) is 2.04. The number of amides is 2. The molecule has 0 radical (unpaired) electrons. The van der Waals surface area contributed by atoms with E-state index in [0.717, 1.165) is 4.90 Å². The van der Waals surface area contributed by atoms with E-state index in [1.165, 1.54) is 12.1 Å². The van der Waals surface area contributed by atoms with Crippen molar-refractivity contribution in [2.45, 2.75) is 59.3 Å². The van der Waals surface area contributed by atoms with Gasteiger partial charge in [-0.25, -0.2) is 14.5 Å². The smallest absolute Gasteiger partial charge is 0.420 e. The third-order valence-electron chi connectivity index (χ3n) is 2.90. The van der Waals surface area contributed by atoms with E-state index in [2.05, 4.69) is 0 Å². The molecule has 0 saturated heterocycles. The van der Waals surface area contributed by atoms with Crippen molar-refractivity contribution in [1.82, 2.24) is 4.90 Å². The van der Waals surface area contributed by atoms with Gasteiger partial charge in [-0.1, -0.05) is 11.6 Å². The van der Waals surface area contributed by atoms with Crippen LogP contribution in [0.2, 0.25) is 5.02 Å². The Morgan fingerprint density at radius 2 is 1.58 bits per heavy atom. The minimum atomic E-state index is -0.885. The van der Waals surface area contributed by atoms with Gasteiger partial charge >= 0.3 is 12.2 Å². The number of carbonyl (C=O) groups excluding carboxylic acids is 2. The van der Waals surface area contributed by atoms with Crippen LogP contribution in [0.3, 0.4) is 0 Å². The number of nitrogens with zero attached hydrogens (tertiary/aromatic N) is 2. The molecule has 2 N–H and O–H groups in total. The molecular weight excluding hydrogens is 358 g/mol. The van der Waals surface area contributed by atoms with Crippen LogP contribution in [0.4, 0.5) is 15.3 Å². The van der Waals surface area contributed by atoms with Crippen LogP contribution in [0.1, 0.15) is 52.7 Å². The van der Waals surface area contributed by atoms with E-state index in [4.69, 9.17) is 26.8 Å². The third kappa shape index (κ3) is 6.45. The molecule has 1 rings (SSSR count). The molecule has 0 bridgehead atoms. The fraction of sp³-hybridized carbons (Fsp3) is 0.500. The van der Waals surface area contributed by atoms with Crippen molar-refractivity contribution in [2.75, 3.05) is 5.73 Å². The highest BCUT2D eigenvalue weighted by Gasteiger charge is 2.32. The number of nitrogens with two attached hydrogens (primary N) is 1. The number of rotatable bonds is 2. The number of benzene rings is 1. The summed E-state index contributed by atoms with van der Waals surface area (Å²) in [5.41, 5.74) is 4.94. The van der Waals surface area contributed by atoms with Gasteiger partial charge in [-0.05, 0) is 59.2 Å². The lowest BCUT2D eigenvalue weighted by molar-refractivity contribution is -0.000253. The second kappa shape index (κ2) is 7.83. The van der Waals surface area contributed by atoms with Crippen LogP contribution in [0.5, 0.6) is 0 Å². The molecular formula is C18H24ClN3O4. The van der Waals surface area contributed by atoms with E-state index < -0.39 is 23.4 Å². The van der Waals surface area contributed by atoms with Gasteiger partial charge in [0.2, 0.25) is 0 Å². The normalized spacial score (nSPS) is 11.5. The highest BCUT2D eigenvalue weighted by molar-refractivity contribution is 6.33. The number of carbonyl (C=O) groups is 2. The van der Waals surface area contributed by atoms with Crippen molar-refractivity contribution < 1.29 is 19.1 Å². The zero-order valence-corrected chi connectivity index (χ0v) is 16.6. The van der Waals surface area contributed by atoms with Crippen molar-refractivity contribution in [3.8, 4) is 6.07 Å². The topological polar surface area (TPSA) is 106 Å². The average Bonchev–Trinajstić information content (AvgIpc) is 2.43. The summed E-state index contributed by atoms with van der Waals surface area (Å²) in [7, 11) is 0. The summed E-state index contributed by atoms with van der Waals surface area (Å²) in [5.74, 6) is 0. The van der Waals surface area contributed by atoms with Gasteiger partial charge in [0.25, 0.3) is 0 Å². The Hall–Kier alpha value is -2.46. The summed E-state index contributed by atoms with van der Waals surface area (Å²) in [4.78, 5) is 25.8. The Labute approximate surface area is 158 Å². The van der Waals surface area contributed by atoms with E-state index in [1.807, 2.05) is 6.07 Å². The summed E-state index contributed by atoms with van der Waals surface area (Å²) in [6.07, 6.45) is -1.77. The molecule has 0 aliphatic heterocycles. The fourth-order valence-electron chi connectivity index (χ4n) is 1.88. The summed E-state index contributed by atoms with van der Waals surface area (Å²) < 4.78 is 10.6. The number of ether oxygens (including phenoxy) is 2. The SMILES string of the molecule is CC(C)(C)OC(=O)N(Cc1cc(N)c(Cl)cc1C#N)C(=O)OC(C)(C)C. The molecule has 2 amide bonds. The molecule has 0 aromatic heterocycles. The van der Waals surface area contributed by atoms with E-state index in [-0.39, 0.29) is 22.8 Å². The third-order valence-corrected chi connectivity index (χ3v) is 3.23. The lowest BCUT2D eigenvalue weighted by Gasteiger charge is -2.28. The molecule has 1 aromatic carbocycles. The average molecular weight is 382 g/mol. The Kier molecular flexibility index (Phi) is 6.50. The van der Waals surface area contributed by atoms with Crippen LogP contribution in [-0.4, -0.2) is 28.3 Å². The first-order valence-corrected chi connectivity index (χ1v) is 8.33. The van der Waals surface area contributed by atoms with E-state index >= 15 is 0 Å². The van der Waals surface area contributed by atoms with Crippen LogP contribution in [-0.2, 0) is 16.0 Å². The van der Waals surface area contributed by atoms with Gasteiger partial charge in [-0.3, -0.25) is 0 Å². The van der Waals surface area contributed by atoms with Gasteiger partial charge < -0.3 is 15.2 Å². The van der Waals surface area contributed by atoms with Gasteiger partial charge in [-0.15, -0.1) is 0 Å². The predicted octanol–water partition coefficient (Wildman–Crippen LogP) is 4.47. The van der Waals surface area contributed by atoms with E-state index in [9.17, 15) is 14.9 Å². The maximum atomic E-state index is 12.5. The molecule has 142 valence electrons. The van der Waals surface area contributed by atoms with Gasteiger partial charge in [0.05, 0.1) is 28.9 Å². The Morgan fingerprint density at radius 3 is 1.96 bits per heavy atom. The molecule has 0 aliphatic carbocycles. The summed E-state index contributed by atoms with van der Waals surface area (Å²) >= 11 is 5.93. The molecule has 8 heteroatoms. The largest absolute Gasteiger partial charge is 0.443 e. The molecule has 7 nitrogen and oxygen atoms in total. The number of nitrogen functional groups attached to an aromatic ring is 1. The van der Waals surface area contributed by atoms with Gasteiger partial charge in [0.1, 0.15) is 11.2 Å². The molecule has 0 aliphatic rings. The van der Waals surface area contributed by atoms with Crippen molar-refractivity contribution in [3.05, 3.63) is 28.3 Å². The van der Waals surface area contributed by atoms with E-state index in [1.54, 1.807) is 41.5 Å². The molecule has 0 fully saturated rings. The van der Waals surface area contributed by atoms with Crippen molar-refractivity contribution in [1.29, 1.82) is 5.26 Å². The quantitative estimate of drug-likeness (QED) is 0.757.